The third-order valence-electron chi connectivity index (χ3n) is 2.11. The Balaban J connectivity index is 2.95. The van der Waals surface area contributed by atoms with Crippen molar-refractivity contribution in [2.24, 2.45) is 0 Å². The summed E-state index contributed by atoms with van der Waals surface area (Å²) in [5.41, 5.74) is 7.25. The summed E-state index contributed by atoms with van der Waals surface area (Å²) in [4.78, 5) is 11.5. The molecule has 0 aliphatic heterocycles. The van der Waals surface area contributed by atoms with E-state index in [0.29, 0.717) is 28.4 Å². The fraction of sp³-hybridized carbons (Fsp3) is 0.364. The lowest BCUT2D eigenvalue weighted by atomic mass is 10.1. The van der Waals surface area contributed by atoms with Crippen LogP contribution in [-0.4, -0.2) is 12.6 Å². The van der Waals surface area contributed by atoms with Gasteiger partial charge in [-0.3, -0.25) is 0 Å². The van der Waals surface area contributed by atoms with Crippen LogP contribution in [0.5, 0.6) is 0 Å². The molecule has 15 heavy (non-hydrogen) atoms. The second kappa shape index (κ2) is 5.03. The first-order valence-corrected chi connectivity index (χ1v) is 5.17. The van der Waals surface area contributed by atoms with E-state index in [0.717, 1.165) is 6.42 Å². The third kappa shape index (κ3) is 2.63. The van der Waals surface area contributed by atoms with Crippen LogP contribution in [0.2, 0.25) is 5.02 Å². The molecule has 0 saturated heterocycles. The van der Waals surface area contributed by atoms with Gasteiger partial charge in [0, 0.05) is 5.02 Å². The van der Waals surface area contributed by atoms with Gasteiger partial charge >= 0.3 is 5.97 Å². The van der Waals surface area contributed by atoms with Crippen LogP contribution in [0.4, 0.5) is 5.69 Å². The zero-order valence-electron chi connectivity index (χ0n) is 8.84. The molecule has 0 radical (unpaired) electrons. The first kappa shape index (κ1) is 11.9. The first-order chi connectivity index (χ1) is 7.07. The molecular formula is C11H14ClNO2. The van der Waals surface area contributed by atoms with Crippen molar-refractivity contribution >= 4 is 23.3 Å². The van der Waals surface area contributed by atoms with Crippen LogP contribution < -0.4 is 5.73 Å². The lowest BCUT2D eigenvalue weighted by molar-refractivity contribution is 0.0506. The van der Waals surface area contributed by atoms with Crippen molar-refractivity contribution < 1.29 is 9.53 Å². The van der Waals surface area contributed by atoms with Gasteiger partial charge in [-0.15, -0.1) is 0 Å². The van der Waals surface area contributed by atoms with Gasteiger partial charge in [-0.25, -0.2) is 4.79 Å². The minimum Gasteiger partial charge on any atom is -0.462 e. The number of esters is 1. The number of carbonyl (C=O) groups is 1. The van der Waals surface area contributed by atoms with Crippen LogP contribution in [0.1, 0.15) is 29.3 Å². The van der Waals surface area contributed by atoms with Gasteiger partial charge in [-0.2, -0.15) is 0 Å². The highest BCUT2D eigenvalue weighted by atomic mass is 35.5. The Morgan fingerprint density at radius 2 is 2.20 bits per heavy atom. The molecule has 4 heteroatoms. The summed E-state index contributed by atoms with van der Waals surface area (Å²) in [7, 11) is 0. The van der Waals surface area contributed by atoms with E-state index in [4.69, 9.17) is 22.1 Å². The molecule has 0 amide bonds. The molecule has 0 saturated carbocycles. The highest BCUT2D eigenvalue weighted by Gasteiger charge is 2.13. The summed E-state index contributed by atoms with van der Waals surface area (Å²) in [5, 5.41) is 0.555. The predicted octanol–water partition coefficient (Wildman–Crippen LogP) is 2.80. The zero-order chi connectivity index (χ0) is 11.4. The Hall–Kier alpha value is -1.22. The van der Waals surface area contributed by atoms with Gasteiger partial charge in [0.25, 0.3) is 0 Å². The van der Waals surface area contributed by atoms with Crippen molar-refractivity contribution in [1.82, 2.24) is 0 Å². The summed E-state index contributed by atoms with van der Waals surface area (Å²) < 4.78 is 4.99. The zero-order valence-corrected chi connectivity index (χ0v) is 9.60. The van der Waals surface area contributed by atoms with Gasteiger partial charge in [-0.1, -0.05) is 18.5 Å². The smallest absolute Gasteiger partial charge is 0.340 e. The number of carbonyl (C=O) groups excluding carboxylic acids is 1. The Morgan fingerprint density at radius 3 is 2.80 bits per heavy atom. The average Bonchev–Trinajstić information content (AvgIpc) is 2.23. The maximum atomic E-state index is 11.5. The quantitative estimate of drug-likeness (QED) is 0.638. The van der Waals surface area contributed by atoms with Crippen LogP contribution >= 0.6 is 11.6 Å². The molecule has 0 aliphatic carbocycles. The minimum atomic E-state index is -0.394. The maximum Gasteiger partial charge on any atom is 0.340 e. The molecule has 0 fully saturated rings. The van der Waals surface area contributed by atoms with E-state index in [1.807, 2.05) is 6.92 Å². The Bertz CT molecular complexity index is 377. The van der Waals surface area contributed by atoms with Crippen LogP contribution in [0, 0.1) is 6.92 Å². The SMILES string of the molecule is CCCOC(=O)c1ccc(Cl)c(C)c1N. The molecule has 1 aromatic carbocycles. The number of ether oxygens (including phenoxy) is 1. The first-order valence-electron chi connectivity index (χ1n) is 4.79. The third-order valence-corrected chi connectivity index (χ3v) is 2.52. The summed E-state index contributed by atoms with van der Waals surface area (Å²) in [6.45, 7) is 4.11. The Morgan fingerprint density at radius 1 is 1.53 bits per heavy atom. The number of anilines is 1. The van der Waals surface area contributed by atoms with Gasteiger partial charge in [0.05, 0.1) is 17.9 Å². The molecule has 0 aliphatic rings. The molecule has 0 atom stereocenters. The van der Waals surface area contributed by atoms with Crippen molar-refractivity contribution in [2.75, 3.05) is 12.3 Å². The lowest BCUT2D eigenvalue weighted by Crippen LogP contribution is -2.09. The standard InChI is InChI=1S/C11H14ClNO2/c1-3-6-15-11(14)8-4-5-9(12)7(2)10(8)13/h4-5H,3,6,13H2,1-2H3. The number of nitrogen functional groups attached to an aromatic ring is 1. The molecule has 3 nitrogen and oxygen atoms in total. The molecule has 2 N–H and O–H groups in total. The van der Waals surface area contributed by atoms with E-state index >= 15 is 0 Å². The molecule has 82 valence electrons. The van der Waals surface area contributed by atoms with Crippen molar-refractivity contribution in [3.05, 3.63) is 28.3 Å². The van der Waals surface area contributed by atoms with Crippen molar-refractivity contribution in [2.45, 2.75) is 20.3 Å². The van der Waals surface area contributed by atoms with Gasteiger partial charge in [-0.05, 0) is 31.0 Å². The molecular weight excluding hydrogens is 214 g/mol. The molecule has 1 aromatic rings. The second-order valence-electron chi connectivity index (χ2n) is 3.27. The maximum absolute atomic E-state index is 11.5. The highest BCUT2D eigenvalue weighted by molar-refractivity contribution is 6.32. The molecule has 0 aromatic heterocycles. The largest absolute Gasteiger partial charge is 0.462 e. The van der Waals surface area contributed by atoms with Gasteiger partial charge in [0.15, 0.2) is 0 Å². The summed E-state index contributed by atoms with van der Waals surface area (Å²) in [6.07, 6.45) is 0.790. The number of hydrogen-bond acceptors (Lipinski definition) is 3. The molecule has 0 heterocycles. The van der Waals surface area contributed by atoms with Crippen LogP contribution in [0.25, 0.3) is 0 Å². The van der Waals surface area contributed by atoms with Gasteiger partial charge in [0.2, 0.25) is 0 Å². The van der Waals surface area contributed by atoms with Crippen molar-refractivity contribution in [1.29, 1.82) is 0 Å². The van der Waals surface area contributed by atoms with E-state index in [9.17, 15) is 4.79 Å². The van der Waals surface area contributed by atoms with Gasteiger partial charge < -0.3 is 10.5 Å². The van der Waals surface area contributed by atoms with Gasteiger partial charge in [0.1, 0.15) is 0 Å². The number of nitrogens with two attached hydrogens (primary N) is 1. The minimum absolute atomic E-state index is 0.380. The molecule has 1 rings (SSSR count). The van der Waals surface area contributed by atoms with E-state index in [2.05, 4.69) is 0 Å². The summed E-state index contributed by atoms with van der Waals surface area (Å²) in [6, 6.07) is 3.23. The predicted molar refractivity (Wildman–Crippen MR) is 61.2 cm³/mol. The summed E-state index contributed by atoms with van der Waals surface area (Å²) >= 11 is 5.86. The van der Waals surface area contributed by atoms with Crippen molar-refractivity contribution in [3.8, 4) is 0 Å². The molecule has 0 bridgehead atoms. The van der Waals surface area contributed by atoms with E-state index < -0.39 is 5.97 Å². The van der Waals surface area contributed by atoms with E-state index in [1.54, 1.807) is 19.1 Å². The number of rotatable bonds is 3. The highest BCUT2D eigenvalue weighted by Crippen LogP contribution is 2.25. The van der Waals surface area contributed by atoms with E-state index in [-0.39, 0.29) is 0 Å². The molecule has 0 spiro atoms. The van der Waals surface area contributed by atoms with Crippen LogP contribution in [0.15, 0.2) is 12.1 Å². The number of benzene rings is 1. The molecule has 0 unspecified atom stereocenters. The average molecular weight is 228 g/mol. The Labute approximate surface area is 94.2 Å². The van der Waals surface area contributed by atoms with Crippen molar-refractivity contribution in [3.63, 3.8) is 0 Å². The van der Waals surface area contributed by atoms with Crippen LogP contribution in [-0.2, 0) is 4.74 Å². The van der Waals surface area contributed by atoms with E-state index in [1.165, 1.54) is 0 Å². The second-order valence-corrected chi connectivity index (χ2v) is 3.68. The monoisotopic (exact) mass is 227 g/mol. The number of hydrogen-bond donors (Lipinski definition) is 1. The lowest BCUT2D eigenvalue weighted by Gasteiger charge is -2.09. The topological polar surface area (TPSA) is 52.3 Å². The van der Waals surface area contributed by atoms with Crippen LogP contribution in [0.3, 0.4) is 0 Å². The number of halogens is 1. The summed E-state index contributed by atoms with van der Waals surface area (Å²) in [5.74, 6) is -0.394. The normalized spacial score (nSPS) is 10.1. The Kier molecular flexibility index (Phi) is 3.97. The fourth-order valence-corrected chi connectivity index (χ4v) is 1.32. The fourth-order valence-electron chi connectivity index (χ4n) is 1.15.